The fraction of sp³-hybridized carbons (Fsp3) is 0.0526. The van der Waals surface area contributed by atoms with Gasteiger partial charge in [-0.15, -0.1) is 10.2 Å². The number of anilines is 1. The SMILES string of the molecule is COc1ccc(N=N/C(=N/Nc2cccc([N+](=O)[O-])c2)c2cccnc2)cc1. The van der Waals surface area contributed by atoms with Crippen LogP contribution in [-0.2, 0) is 0 Å². The van der Waals surface area contributed by atoms with Crippen LogP contribution in [0, 0.1) is 10.1 Å². The number of nitrogens with zero attached hydrogens (tertiary/aromatic N) is 5. The number of nitro groups is 1. The quantitative estimate of drug-likeness (QED) is 0.223. The molecule has 1 N–H and O–H groups in total. The van der Waals surface area contributed by atoms with Gasteiger partial charge in [-0.05, 0) is 42.5 Å². The Morgan fingerprint density at radius 3 is 2.64 bits per heavy atom. The van der Waals surface area contributed by atoms with Gasteiger partial charge in [0.1, 0.15) is 5.75 Å². The summed E-state index contributed by atoms with van der Waals surface area (Å²) in [7, 11) is 1.59. The number of hydrogen-bond donors (Lipinski definition) is 1. The number of nitro benzene ring substituents is 1. The number of methoxy groups -OCH3 is 1. The maximum Gasteiger partial charge on any atom is 0.271 e. The van der Waals surface area contributed by atoms with Crippen molar-refractivity contribution in [3.05, 3.63) is 88.7 Å². The van der Waals surface area contributed by atoms with Crippen molar-refractivity contribution in [3.8, 4) is 5.75 Å². The van der Waals surface area contributed by atoms with E-state index in [-0.39, 0.29) is 11.5 Å². The number of pyridine rings is 1. The highest BCUT2D eigenvalue weighted by Crippen LogP contribution is 2.19. The van der Waals surface area contributed by atoms with Crippen molar-refractivity contribution in [1.82, 2.24) is 4.98 Å². The highest BCUT2D eigenvalue weighted by Gasteiger charge is 2.07. The summed E-state index contributed by atoms with van der Waals surface area (Å²) in [4.78, 5) is 14.5. The average Bonchev–Trinajstić information content (AvgIpc) is 2.75. The molecule has 9 nitrogen and oxygen atoms in total. The van der Waals surface area contributed by atoms with Crippen LogP contribution < -0.4 is 10.2 Å². The first-order valence-corrected chi connectivity index (χ1v) is 8.20. The van der Waals surface area contributed by atoms with E-state index < -0.39 is 4.92 Å². The highest BCUT2D eigenvalue weighted by atomic mass is 16.6. The highest BCUT2D eigenvalue weighted by molar-refractivity contribution is 5.99. The third-order valence-corrected chi connectivity index (χ3v) is 3.60. The second-order valence-electron chi connectivity index (χ2n) is 5.49. The first kappa shape index (κ1) is 18.6. The summed E-state index contributed by atoms with van der Waals surface area (Å²) in [5, 5.41) is 23.5. The molecule has 0 saturated heterocycles. The Bertz CT molecular complexity index is 1000. The number of rotatable bonds is 6. The molecule has 0 saturated carbocycles. The number of nitrogens with one attached hydrogen (secondary N) is 1. The molecule has 0 unspecified atom stereocenters. The number of aromatic nitrogens is 1. The molecule has 1 heterocycles. The van der Waals surface area contributed by atoms with Gasteiger partial charge in [-0.1, -0.05) is 6.07 Å². The number of benzene rings is 2. The molecule has 0 amide bonds. The summed E-state index contributed by atoms with van der Waals surface area (Å²) >= 11 is 0. The van der Waals surface area contributed by atoms with E-state index in [4.69, 9.17) is 4.74 Å². The van der Waals surface area contributed by atoms with Crippen LogP contribution >= 0.6 is 0 Å². The zero-order valence-corrected chi connectivity index (χ0v) is 14.9. The molecule has 28 heavy (non-hydrogen) atoms. The molecule has 1 aromatic heterocycles. The van der Waals surface area contributed by atoms with Gasteiger partial charge in [0.05, 0.1) is 23.4 Å². The Morgan fingerprint density at radius 1 is 1.14 bits per heavy atom. The van der Waals surface area contributed by atoms with E-state index in [9.17, 15) is 10.1 Å². The maximum atomic E-state index is 10.9. The molecule has 0 bridgehead atoms. The van der Waals surface area contributed by atoms with Gasteiger partial charge in [0.25, 0.3) is 5.69 Å². The van der Waals surface area contributed by atoms with Crippen LogP contribution in [0.4, 0.5) is 17.1 Å². The molecular formula is C19H16N6O3. The first-order valence-electron chi connectivity index (χ1n) is 8.20. The molecule has 0 atom stereocenters. The Labute approximate surface area is 160 Å². The summed E-state index contributed by atoms with van der Waals surface area (Å²) in [5.74, 6) is 0.989. The molecule has 9 heteroatoms. The van der Waals surface area contributed by atoms with Crippen molar-refractivity contribution in [3.63, 3.8) is 0 Å². The van der Waals surface area contributed by atoms with Gasteiger partial charge in [0.2, 0.25) is 5.84 Å². The van der Waals surface area contributed by atoms with Crippen molar-refractivity contribution in [2.75, 3.05) is 12.5 Å². The lowest BCUT2D eigenvalue weighted by atomic mass is 10.3. The second kappa shape index (κ2) is 8.99. The van der Waals surface area contributed by atoms with E-state index in [2.05, 4.69) is 25.7 Å². The lowest BCUT2D eigenvalue weighted by molar-refractivity contribution is -0.384. The second-order valence-corrected chi connectivity index (χ2v) is 5.49. The van der Waals surface area contributed by atoms with Crippen molar-refractivity contribution in [1.29, 1.82) is 0 Å². The predicted octanol–water partition coefficient (Wildman–Crippen LogP) is 4.56. The molecular weight excluding hydrogens is 360 g/mol. The molecule has 0 radical (unpaired) electrons. The molecule has 0 aliphatic rings. The summed E-state index contributed by atoms with van der Waals surface area (Å²) in [6, 6.07) is 16.6. The van der Waals surface area contributed by atoms with Crippen molar-refractivity contribution in [2.45, 2.75) is 0 Å². The van der Waals surface area contributed by atoms with Gasteiger partial charge in [-0.2, -0.15) is 5.10 Å². The number of hydrazone groups is 1. The van der Waals surface area contributed by atoms with Gasteiger partial charge in [-0.3, -0.25) is 20.5 Å². The lowest BCUT2D eigenvalue weighted by Crippen LogP contribution is -2.02. The van der Waals surface area contributed by atoms with E-state index in [1.54, 1.807) is 68.0 Å². The standard InChI is InChI=1S/C19H16N6O3/c1-28-18-9-7-15(8-10-18)21-23-19(14-4-3-11-20-13-14)24-22-16-5-2-6-17(12-16)25(26)27/h2-13,22H,1H3/b23-21?,24-19+. The zero-order chi connectivity index (χ0) is 19.8. The molecule has 2 aromatic carbocycles. The van der Waals surface area contributed by atoms with Gasteiger partial charge >= 0.3 is 0 Å². The van der Waals surface area contributed by atoms with E-state index in [1.165, 1.54) is 12.1 Å². The topological polar surface area (TPSA) is 114 Å². The van der Waals surface area contributed by atoms with Gasteiger partial charge < -0.3 is 4.74 Å². The molecule has 0 spiro atoms. The summed E-state index contributed by atoms with van der Waals surface area (Å²) in [6.45, 7) is 0. The third-order valence-electron chi connectivity index (χ3n) is 3.60. The van der Waals surface area contributed by atoms with Gasteiger partial charge in [-0.25, -0.2) is 0 Å². The number of azo groups is 1. The van der Waals surface area contributed by atoms with Crippen molar-refractivity contribution < 1.29 is 9.66 Å². The minimum atomic E-state index is -0.472. The zero-order valence-electron chi connectivity index (χ0n) is 14.9. The van der Waals surface area contributed by atoms with Crippen LogP contribution in [0.15, 0.2) is 88.4 Å². The Kier molecular flexibility index (Phi) is 5.99. The van der Waals surface area contributed by atoms with Crippen LogP contribution in [0.5, 0.6) is 5.75 Å². The molecule has 140 valence electrons. The first-order chi connectivity index (χ1) is 13.7. The third kappa shape index (κ3) is 4.94. The minimum absolute atomic E-state index is 0.0389. The smallest absolute Gasteiger partial charge is 0.271 e. The van der Waals surface area contributed by atoms with Crippen molar-refractivity contribution in [2.24, 2.45) is 15.3 Å². The van der Waals surface area contributed by atoms with Crippen LogP contribution in [0.25, 0.3) is 0 Å². The van der Waals surface area contributed by atoms with Crippen LogP contribution in [0.2, 0.25) is 0 Å². The van der Waals surface area contributed by atoms with E-state index in [0.717, 1.165) is 0 Å². The van der Waals surface area contributed by atoms with Crippen LogP contribution in [0.3, 0.4) is 0 Å². The molecule has 0 fully saturated rings. The largest absolute Gasteiger partial charge is 0.497 e. The summed E-state index contributed by atoms with van der Waals surface area (Å²) in [5.41, 5.74) is 4.45. The van der Waals surface area contributed by atoms with E-state index >= 15 is 0 Å². The lowest BCUT2D eigenvalue weighted by Gasteiger charge is -2.03. The predicted molar refractivity (Wildman–Crippen MR) is 105 cm³/mol. The average molecular weight is 376 g/mol. The van der Waals surface area contributed by atoms with E-state index in [1.807, 2.05) is 0 Å². The number of hydrogen-bond acceptors (Lipinski definition) is 7. The summed E-state index contributed by atoms with van der Waals surface area (Å²) in [6.07, 6.45) is 3.23. The fourth-order valence-electron chi connectivity index (χ4n) is 2.20. The maximum absolute atomic E-state index is 10.9. The van der Waals surface area contributed by atoms with E-state index in [0.29, 0.717) is 22.7 Å². The number of amidine groups is 1. The Hall–Kier alpha value is -4.14. The van der Waals surface area contributed by atoms with Gasteiger partial charge in [0.15, 0.2) is 0 Å². The van der Waals surface area contributed by atoms with Crippen LogP contribution in [0.1, 0.15) is 5.56 Å². The summed E-state index contributed by atoms with van der Waals surface area (Å²) < 4.78 is 5.12. The van der Waals surface area contributed by atoms with Crippen molar-refractivity contribution >= 4 is 22.9 Å². The normalized spacial score (nSPS) is 11.4. The number of ether oxygens (including phenoxy) is 1. The molecule has 3 aromatic rings. The molecule has 3 rings (SSSR count). The Morgan fingerprint density at radius 2 is 1.96 bits per heavy atom. The number of non-ortho nitro benzene ring substituents is 1. The minimum Gasteiger partial charge on any atom is -0.497 e. The molecule has 0 aliphatic heterocycles. The fourth-order valence-corrected chi connectivity index (χ4v) is 2.20. The van der Waals surface area contributed by atoms with Gasteiger partial charge in [0, 0.05) is 30.1 Å². The van der Waals surface area contributed by atoms with Crippen LogP contribution in [-0.4, -0.2) is 22.9 Å². The Balaban J connectivity index is 1.86. The monoisotopic (exact) mass is 376 g/mol. The molecule has 0 aliphatic carbocycles.